The Labute approximate surface area is 196 Å². The van der Waals surface area contributed by atoms with E-state index >= 15 is 0 Å². The molecule has 0 amide bonds. The molecule has 1 fully saturated rings. The summed E-state index contributed by atoms with van der Waals surface area (Å²) in [4.78, 5) is 32.3. The van der Waals surface area contributed by atoms with Crippen molar-refractivity contribution >= 4 is 16.7 Å². The van der Waals surface area contributed by atoms with Crippen molar-refractivity contribution in [2.24, 2.45) is 7.05 Å². The summed E-state index contributed by atoms with van der Waals surface area (Å²) in [5.74, 6) is 1.07. The van der Waals surface area contributed by atoms with Gasteiger partial charge < -0.3 is 14.5 Å². The van der Waals surface area contributed by atoms with E-state index in [0.29, 0.717) is 24.9 Å². The van der Waals surface area contributed by atoms with E-state index in [4.69, 9.17) is 0 Å². The van der Waals surface area contributed by atoms with Crippen LogP contribution in [-0.4, -0.2) is 65.4 Å². The number of pyridine rings is 1. The zero-order valence-corrected chi connectivity index (χ0v) is 21.0. The molecule has 2 aromatic heterocycles. The van der Waals surface area contributed by atoms with Gasteiger partial charge in [0, 0.05) is 54.3 Å². The number of ketones is 1. The maximum Gasteiger partial charge on any atom is 0.253 e. The first-order valence-corrected chi connectivity index (χ1v) is 11.8. The van der Waals surface area contributed by atoms with Crippen LogP contribution in [-0.2, 0) is 11.8 Å². The number of H-pyrrole nitrogens is 1. The third kappa shape index (κ3) is 4.42. The fourth-order valence-corrected chi connectivity index (χ4v) is 5.09. The second kappa shape index (κ2) is 8.92. The third-order valence-electron chi connectivity index (χ3n) is 6.96. The Morgan fingerprint density at radius 2 is 1.88 bits per heavy atom. The predicted octanol–water partition coefficient (Wildman–Crippen LogP) is 3.80. The minimum atomic E-state index is 0.0549. The summed E-state index contributed by atoms with van der Waals surface area (Å²) in [6, 6.07) is 6.73. The van der Waals surface area contributed by atoms with Crippen LogP contribution >= 0.6 is 0 Å². The van der Waals surface area contributed by atoms with Gasteiger partial charge in [-0.1, -0.05) is 19.9 Å². The van der Waals surface area contributed by atoms with Crippen molar-refractivity contribution in [3.63, 3.8) is 0 Å². The molecule has 1 aliphatic rings. The summed E-state index contributed by atoms with van der Waals surface area (Å²) >= 11 is 0. The molecule has 1 N–H and O–H groups in total. The molecule has 0 spiro atoms. The Balaban J connectivity index is 1.66. The van der Waals surface area contributed by atoms with Crippen molar-refractivity contribution in [1.29, 1.82) is 0 Å². The number of rotatable bonds is 7. The quantitative estimate of drug-likeness (QED) is 0.597. The number of carbonyl (C=O) groups is 1. The van der Waals surface area contributed by atoms with E-state index in [0.717, 1.165) is 41.0 Å². The van der Waals surface area contributed by atoms with Crippen molar-refractivity contribution < 1.29 is 4.79 Å². The molecule has 176 valence electrons. The monoisotopic (exact) mass is 448 g/mol. The predicted molar refractivity (Wildman–Crippen MR) is 135 cm³/mol. The lowest BCUT2D eigenvalue weighted by Gasteiger charge is -2.39. The lowest BCUT2D eigenvalue weighted by molar-refractivity contribution is -0.121. The lowest BCUT2D eigenvalue weighted by Crippen LogP contribution is -2.48. The molecule has 33 heavy (non-hydrogen) atoms. The highest BCUT2D eigenvalue weighted by Gasteiger charge is 2.30. The number of likely N-dealkylation sites (tertiary alicyclic amines) is 1. The van der Waals surface area contributed by atoms with Crippen molar-refractivity contribution in [1.82, 2.24) is 19.4 Å². The van der Waals surface area contributed by atoms with Gasteiger partial charge in [-0.05, 0) is 62.7 Å². The summed E-state index contributed by atoms with van der Waals surface area (Å²) in [6.45, 7) is 11.3. The van der Waals surface area contributed by atoms with Gasteiger partial charge in [0.15, 0.2) is 5.78 Å². The number of nitrogens with zero attached hydrogens (tertiary/aromatic N) is 3. The van der Waals surface area contributed by atoms with E-state index in [2.05, 4.69) is 41.9 Å². The van der Waals surface area contributed by atoms with Crippen LogP contribution in [0.2, 0.25) is 0 Å². The van der Waals surface area contributed by atoms with Gasteiger partial charge in [-0.15, -0.1) is 0 Å². The number of aromatic amines is 1. The number of fused-ring (bicyclic) bond motifs is 1. The van der Waals surface area contributed by atoms with Crippen LogP contribution in [0.4, 0.5) is 0 Å². The Morgan fingerprint density at radius 1 is 1.18 bits per heavy atom. The lowest BCUT2D eigenvalue weighted by atomic mass is 9.88. The molecule has 6 nitrogen and oxygen atoms in total. The van der Waals surface area contributed by atoms with E-state index in [9.17, 15) is 9.59 Å². The fraction of sp³-hybridized carbons (Fsp3) is 0.481. The van der Waals surface area contributed by atoms with Crippen LogP contribution in [0.3, 0.4) is 0 Å². The van der Waals surface area contributed by atoms with Gasteiger partial charge in [-0.2, -0.15) is 0 Å². The number of carbonyl (C=O) groups excluding carboxylic acids is 1. The van der Waals surface area contributed by atoms with Gasteiger partial charge in [0.2, 0.25) is 0 Å². The van der Waals surface area contributed by atoms with Crippen LogP contribution in [0.15, 0.2) is 29.2 Å². The number of likely N-dealkylation sites (N-methyl/N-ethyl adjacent to an activating group) is 1. The van der Waals surface area contributed by atoms with Gasteiger partial charge in [0.1, 0.15) is 0 Å². The molecule has 1 saturated heterocycles. The first-order valence-electron chi connectivity index (χ1n) is 11.8. The first kappa shape index (κ1) is 23.5. The van der Waals surface area contributed by atoms with Gasteiger partial charge >= 0.3 is 0 Å². The SMILES string of the molecule is Cc1c(-c2[nH]c3ccc(C4CN(CC(=O)CN(C)C)C4)cc3c2C(C)C)cn(C)c(=O)c1C. The number of aromatic nitrogens is 2. The van der Waals surface area contributed by atoms with Crippen molar-refractivity contribution in [3.8, 4) is 11.3 Å². The maximum absolute atomic E-state index is 12.4. The van der Waals surface area contributed by atoms with Crippen LogP contribution in [0.1, 0.15) is 47.9 Å². The Bertz CT molecular complexity index is 1260. The molecule has 6 heteroatoms. The minimum Gasteiger partial charge on any atom is -0.354 e. The average Bonchev–Trinajstić information content (AvgIpc) is 3.09. The summed E-state index contributed by atoms with van der Waals surface area (Å²) in [5.41, 5.74) is 7.83. The second-order valence-corrected chi connectivity index (χ2v) is 10.2. The highest BCUT2D eigenvalue weighted by atomic mass is 16.1. The van der Waals surface area contributed by atoms with Crippen molar-refractivity contribution in [2.75, 3.05) is 40.3 Å². The van der Waals surface area contributed by atoms with E-state index < -0.39 is 0 Å². The van der Waals surface area contributed by atoms with Crippen LogP contribution in [0.25, 0.3) is 22.2 Å². The smallest absolute Gasteiger partial charge is 0.253 e. The van der Waals surface area contributed by atoms with E-state index in [1.54, 1.807) is 4.57 Å². The van der Waals surface area contributed by atoms with Gasteiger partial charge in [0.25, 0.3) is 5.56 Å². The molecule has 0 radical (unpaired) electrons. The standard InChI is InChI=1S/C27H36N4O2/c1-16(2)25-22-10-19(20-11-31(12-20)14-21(32)13-29(5)6)8-9-24(22)28-26(25)23-15-30(7)27(33)18(4)17(23)3/h8-10,15-16,20,28H,11-14H2,1-7H3. The number of nitrogens with one attached hydrogen (secondary N) is 1. The Hall–Kier alpha value is -2.70. The second-order valence-electron chi connectivity index (χ2n) is 10.2. The minimum absolute atomic E-state index is 0.0549. The summed E-state index contributed by atoms with van der Waals surface area (Å²) in [7, 11) is 5.68. The van der Waals surface area contributed by atoms with Crippen molar-refractivity contribution in [3.05, 3.63) is 57.0 Å². The van der Waals surface area contributed by atoms with E-state index in [1.807, 2.05) is 46.1 Å². The van der Waals surface area contributed by atoms with Gasteiger partial charge in [0.05, 0.1) is 18.8 Å². The summed E-state index contributed by atoms with van der Waals surface area (Å²) < 4.78 is 1.68. The maximum atomic E-state index is 12.4. The molecule has 0 bridgehead atoms. The van der Waals surface area contributed by atoms with Crippen LogP contribution < -0.4 is 5.56 Å². The molecule has 3 aromatic rings. The average molecular weight is 449 g/mol. The van der Waals surface area contributed by atoms with Gasteiger partial charge in [-0.25, -0.2) is 0 Å². The molecule has 1 aliphatic heterocycles. The molecular formula is C27H36N4O2. The third-order valence-corrected chi connectivity index (χ3v) is 6.96. The normalized spacial score (nSPS) is 15.1. The number of hydrogen-bond acceptors (Lipinski definition) is 4. The summed E-state index contributed by atoms with van der Waals surface area (Å²) in [6.07, 6.45) is 1.96. The zero-order chi connectivity index (χ0) is 24.0. The summed E-state index contributed by atoms with van der Waals surface area (Å²) in [5, 5.41) is 1.26. The highest BCUT2D eigenvalue weighted by Crippen LogP contribution is 2.39. The molecule has 0 aliphatic carbocycles. The largest absolute Gasteiger partial charge is 0.354 e. The number of Topliss-reactive ketones (excluding diaryl/α,β-unsaturated/α-hetero) is 1. The number of aryl methyl sites for hydroxylation is 1. The number of hydrogen-bond donors (Lipinski definition) is 1. The molecule has 3 heterocycles. The first-order chi connectivity index (χ1) is 15.6. The fourth-order valence-electron chi connectivity index (χ4n) is 5.09. The molecule has 1 aromatic carbocycles. The Morgan fingerprint density at radius 3 is 2.52 bits per heavy atom. The van der Waals surface area contributed by atoms with Crippen LogP contribution in [0, 0.1) is 13.8 Å². The zero-order valence-electron chi connectivity index (χ0n) is 21.0. The molecule has 4 rings (SSSR count). The molecular weight excluding hydrogens is 412 g/mol. The van der Waals surface area contributed by atoms with E-state index in [-0.39, 0.29) is 11.3 Å². The van der Waals surface area contributed by atoms with E-state index in [1.165, 1.54) is 16.5 Å². The molecule has 0 unspecified atom stereocenters. The highest BCUT2D eigenvalue weighted by molar-refractivity contribution is 5.92. The Kier molecular flexibility index (Phi) is 6.34. The molecule has 0 atom stereocenters. The number of benzene rings is 1. The van der Waals surface area contributed by atoms with Crippen LogP contribution in [0.5, 0.6) is 0 Å². The topological polar surface area (TPSA) is 61.3 Å². The van der Waals surface area contributed by atoms with Gasteiger partial charge in [-0.3, -0.25) is 14.5 Å². The molecule has 0 saturated carbocycles. The van der Waals surface area contributed by atoms with Crippen molar-refractivity contribution in [2.45, 2.75) is 39.5 Å².